The third kappa shape index (κ3) is 3.36. The molecule has 2 atom stereocenters. The predicted molar refractivity (Wildman–Crippen MR) is 81.1 cm³/mol. The first-order valence-corrected chi connectivity index (χ1v) is 8.16. The molecule has 1 aliphatic carbocycles. The van der Waals surface area contributed by atoms with Crippen LogP contribution in [0.15, 0.2) is 17.5 Å². The summed E-state index contributed by atoms with van der Waals surface area (Å²) >= 11 is 1.91. The first-order valence-electron chi connectivity index (χ1n) is 7.28. The molecule has 102 valence electrons. The molecule has 1 aromatic heterocycles. The van der Waals surface area contributed by atoms with Gasteiger partial charge in [-0.15, -0.1) is 11.3 Å². The Morgan fingerprint density at radius 1 is 1.28 bits per heavy atom. The van der Waals surface area contributed by atoms with Crippen LogP contribution in [0.5, 0.6) is 0 Å². The number of nitrogens with one attached hydrogen (secondary N) is 1. The third-order valence-electron chi connectivity index (χ3n) is 4.45. The first-order chi connectivity index (χ1) is 8.48. The summed E-state index contributed by atoms with van der Waals surface area (Å²) in [5.41, 5.74) is 0.327. The summed E-state index contributed by atoms with van der Waals surface area (Å²) in [6.07, 6.45) is 5.62. The molecule has 0 amide bonds. The van der Waals surface area contributed by atoms with Gasteiger partial charge in [0.05, 0.1) is 0 Å². The van der Waals surface area contributed by atoms with Crippen molar-refractivity contribution in [2.24, 2.45) is 11.3 Å². The minimum absolute atomic E-state index is 0.327. The highest BCUT2D eigenvalue weighted by Crippen LogP contribution is 2.38. The van der Waals surface area contributed by atoms with Crippen LogP contribution < -0.4 is 5.32 Å². The van der Waals surface area contributed by atoms with Crippen molar-refractivity contribution >= 4 is 11.3 Å². The number of hydrogen-bond acceptors (Lipinski definition) is 2. The molecule has 1 saturated carbocycles. The lowest BCUT2D eigenvalue weighted by atomic mass is 9.86. The molecule has 1 fully saturated rings. The molecule has 0 aromatic carbocycles. The van der Waals surface area contributed by atoms with Crippen molar-refractivity contribution in [1.82, 2.24) is 5.32 Å². The molecule has 1 heterocycles. The van der Waals surface area contributed by atoms with Gasteiger partial charge in [-0.2, -0.15) is 0 Å². The van der Waals surface area contributed by atoms with E-state index in [4.69, 9.17) is 0 Å². The highest BCUT2D eigenvalue weighted by atomic mass is 32.1. The first kappa shape index (κ1) is 14.1. The van der Waals surface area contributed by atoms with Gasteiger partial charge >= 0.3 is 0 Å². The monoisotopic (exact) mass is 265 g/mol. The van der Waals surface area contributed by atoms with E-state index < -0.39 is 0 Å². The predicted octanol–water partition coefficient (Wildman–Crippen LogP) is 5.00. The minimum atomic E-state index is 0.327. The van der Waals surface area contributed by atoms with Crippen molar-refractivity contribution < 1.29 is 0 Å². The van der Waals surface area contributed by atoms with E-state index in [1.165, 1.54) is 30.6 Å². The summed E-state index contributed by atoms with van der Waals surface area (Å²) < 4.78 is 0. The standard InChI is InChI=1S/C16H27NS/c1-12(16(2,3)4)17-15(13-8-5-6-9-13)14-10-7-11-18-14/h7,10-13,15,17H,5-6,8-9H2,1-4H3. The van der Waals surface area contributed by atoms with Gasteiger partial charge in [0.25, 0.3) is 0 Å². The largest absolute Gasteiger partial charge is 0.306 e. The van der Waals surface area contributed by atoms with E-state index in [-0.39, 0.29) is 0 Å². The second-order valence-corrected chi connectivity index (χ2v) is 7.77. The highest BCUT2D eigenvalue weighted by molar-refractivity contribution is 7.10. The Kier molecular flexibility index (Phi) is 4.50. The molecular weight excluding hydrogens is 238 g/mol. The van der Waals surface area contributed by atoms with Crippen molar-refractivity contribution in [3.63, 3.8) is 0 Å². The molecule has 0 aliphatic heterocycles. The fraction of sp³-hybridized carbons (Fsp3) is 0.750. The van der Waals surface area contributed by atoms with E-state index >= 15 is 0 Å². The van der Waals surface area contributed by atoms with Gasteiger partial charge in [-0.25, -0.2) is 0 Å². The molecule has 1 aliphatic rings. The van der Waals surface area contributed by atoms with Crippen LogP contribution in [0, 0.1) is 11.3 Å². The van der Waals surface area contributed by atoms with Gasteiger partial charge < -0.3 is 5.32 Å². The number of rotatable bonds is 4. The van der Waals surface area contributed by atoms with E-state index in [2.05, 4.69) is 50.5 Å². The molecule has 0 radical (unpaired) electrons. The van der Waals surface area contributed by atoms with Crippen LogP contribution in [0.4, 0.5) is 0 Å². The Labute approximate surface area is 116 Å². The van der Waals surface area contributed by atoms with E-state index in [0.717, 1.165) is 5.92 Å². The van der Waals surface area contributed by atoms with Crippen molar-refractivity contribution in [2.75, 3.05) is 0 Å². The molecule has 1 aromatic rings. The zero-order valence-corrected chi connectivity index (χ0v) is 13.0. The summed E-state index contributed by atoms with van der Waals surface area (Å²) in [6, 6.07) is 5.61. The van der Waals surface area contributed by atoms with Crippen LogP contribution in [0.1, 0.15) is 64.3 Å². The lowest BCUT2D eigenvalue weighted by Crippen LogP contribution is -2.41. The molecule has 2 heteroatoms. The van der Waals surface area contributed by atoms with Crippen molar-refractivity contribution in [3.8, 4) is 0 Å². The Bertz CT molecular complexity index is 344. The Hall–Kier alpha value is -0.340. The molecule has 18 heavy (non-hydrogen) atoms. The zero-order chi connectivity index (χ0) is 13.2. The van der Waals surface area contributed by atoms with Crippen LogP contribution >= 0.6 is 11.3 Å². The van der Waals surface area contributed by atoms with Crippen molar-refractivity contribution in [1.29, 1.82) is 0 Å². The second kappa shape index (κ2) is 5.75. The van der Waals surface area contributed by atoms with Crippen LogP contribution in [0.3, 0.4) is 0 Å². The lowest BCUT2D eigenvalue weighted by molar-refractivity contribution is 0.233. The maximum absolute atomic E-state index is 3.91. The van der Waals surface area contributed by atoms with Gasteiger partial charge in [0.15, 0.2) is 0 Å². The Morgan fingerprint density at radius 2 is 1.94 bits per heavy atom. The number of thiophene rings is 1. The summed E-state index contributed by atoms with van der Waals surface area (Å²) in [6.45, 7) is 9.30. The van der Waals surface area contributed by atoms with Gasteiger partial charge in [0.1, 0.15) is 0 Å². The molecular formula is C16H27NS. The smallest absolute Gasteiger partial charge is 0.0445 e. The van der Waals surface area contributed by atoms with E-state index in [1.807, 2.05) is 11.3 Å². The normalized spacial score (nSPS) is 21.1. The van der Waals surface area contributed by atoms with Crippen LogP contribution in [0.2, 0.25) is 0 Å². The highest BCUT2D eigenvalue weighted by Gasteiger charge is 2.30. The fourth-order valence-electron chi connectivity index (χ4n) is 2.73. The second-order valence-electron chi connectivity index (χ2n) is 6.79. The molecule has 0 bridgehead atoms. The Balaban J connectivity index is 2.10. The summed E-state index contributed by atoms with van der Waals surface area (Å²) in [7, 11) is 0. The van der Waals surface area contributed by atoms with Gasteiger partial charge in [-0.1, -0.05) is 39.7 Å². The van der Waals surface area contributed by atoms with E-state index in [9.17, 15) is 0 Å². The Morgan fingerprint density at radius 3 is 2.44 bits per heavy atom. The molecule has 1 nitrogen and oxygen atoms in total. The quantitative estimate of drug-likeness (QED) is 0.807. The maximum atomic E-state index is 3.91. The fourth-order valence-corrected chi connectivity index (χ4v) is 3.61. The minimum Gasteiger partial charge on any atom is -0.306 e. The van der Waals surface area contributed by atoms with Gasteiger partial charge in [-0.05, 0) is 42.5 Å². The lowest BCUT2D eigenvalue weighted by Gasteiger charge is -2.34. The average molecular weight is 265 g/mol. The van der Waals surface area contributed by atoms with Crippen LogP contribution in [-0.2, 0) is 0 Å². The third-order valence-corrected chi connectivity index (χ3v) is 5.40. The van der Waals surface area contributed by atoms with Gasteiger partial charge in [0, 0.05) is 17.0 Å². The van der Waals surface area contributed by atoms with Gasteiger partial charge in [-0.3, -0.25) is 0 Å². The van der Waals surface area contributed by atoms with Crippen molar-refractivity contribution in [3.05, 3.63) is 22.4 Å². The zero-order valence-electron chi connectivity index (χ0n) is 12.2. The SMILES string of the molecule is CC(NC(c1cccs1)C1CCCC1)C(C)(C)C. The van der Waals surface area contributed by atoms with E-state index in [1.54, 1.807) is 0 Å². The van der Waals surface area contributed by atoms with Crippen LogP contribution in [0.25, 0.3) is 0 Å². The van der Waals surface area contributed by atoms with Crippen molar-refractivity contribution in [2.45, 2.75) is 65.5 Å². The van der Waals surface area contributed by atoms with E-state index in [0.29, 0.717) is 17.5 Å². The summed E-state index contributed by atoms with van der Waals surface area (Å²) in [5, 5.41) is 6.12. The molecule has 0 saturated heterocycles. The molecule has 2 unspecified atom stereocenters. The average Bonchev–Trinajstić information content (AvgIpc) is 2.97. The summed E-state index contributed by atoms with van der Waals surface area (Å²) in [4.78, 5) is 1.53. The topological polar surface area (TPSA) is 12.0 Å². The molecule has 1 N–H and O–H groups in total. The maximum Gasteiger partial charge on any atom is 0.0445 e. The summed E-state index contributed by atoms with van der Waals surface area (Å²) in [5.74, 6) is 0.841. The number of hydrogen-bond donors (Lipinski definition) is 1. The molecule has 2 rings (SSSR count). The van der Waals surface area contributed by atoms with Crippen LogP contribution in [-0.4, -0.2) is 6.04 Å². The molecule has 0 spiro atoms. The van der Waals surface area contributed by atoms with Gasteiger partial charge in [0.2, 0.25) is 0 Å².